The van der Waals surface area contributed by atoms with Crippen LogP contribution in [-0.4, -0.2) is 53.2 Å². The van der Waals surface area contributed by atoms with E-state index in [1.54, 1.807) is 27.7 Å². The van der Waals surface area contributed by atoms with Crippen LogP contribution in [0.1, 0.15) is 92.6 Å². The lowest BCUT2D eigenvalue weighted by atomic mass is 9.86. The zero-order chi connectivity index (χ0) is 30.5. The molecule has 0 aliphatic rings. The molecule has 0 spiro atoms. The van der Waals surface area contributed by atoms with E-state index in [-0.39, 0.29) is 36.4 Å². The van der Waals surface area contributed by atoms with Crippen LogP contribution >= 0.6 is 0 Å². The Morgan fingerprint density at radius 1 is 0.825 bits per heavy atom. The second-order valence-corrected chi connectivity index (χ2v) is 10.3. The van der Waals surface area contributed by atoms with E-state index in [0.717, 1.165) is 12.8 Å². The number of benzene rings is 1. The maximum atomic E-state index is 12.4. The normalized spacial score (nSPS) is 15.5. The molecule has 226 valence electrons. The molecule has 0 aliphatic carbocycles. The van der Waals surface area contributed by atoms with Gasteiger partial charge in [0, 0.05) is 12.8 Å². The van der Waals surface area contributed by atoms with Gasteiger partial charge in [0.1, 0.15) is 23.9 Å². The average molecular weight is 568 g/mol. The predicted octanol–water partition coefficient (Wildman–Crippen LogP) is 5.79. The second-order valence-electron chi connectivity index (χ2n) is 10.3. The summed E-state index contributed by atoms with van der Waals surface area (Å²) in [5.74, 6) is -2.36. The summed E-state index contributed by atoms with van der Waals surface area (Å²) < 4.78 is 26.5. The van der Waals surface area contributed by atoms with Crippen molar-refractivity contribution in [3.63, 3.8) is 0 Å². The summed E-state index contributed by atoms with van der Waals surface area (Å²) in [6.07, 6.45) is -0.499. The summed E-state index contributed by atoms with van der Waals surface area (Å²) in [5.41, 5.74) is 4.83. The van der Waals surface area contributed by atoms with Gasteiger partial charge in [-0.2, -0.15) is 0 Å². The molecule has 11 nitrogen and oxygen atoms in total. The quantitative estimate of drug-likeness (QED) is 0.141. The van der Waals surface area contributed by atoms with E-state index in [9.17, 15) is 24.3 Å². The molecule has 3 N–H and O–H groups in total. The van der Waals surface area contributed by atoms with Gasteiger partial charge in [-0.1, -0.05) is 46.6 Å². The van der Waals surface area contributed by atoms with Crippen molar-refractivity contribution in [1.29, 1.82) is 0 Å². The largest absolute Gasteiger partial charge is 0.514 e. The summed E-state index contributed by atoms with van der Waals surface area (Å²) in [6, 6.07) is 4.20. The Morgan fingerprint density at radius 2 is 1.35 bits per heavy atom. The van der Waals surface area contributed by atoms with Crippen LogP contribution in [0.3, 0.4) is 0 Å². The van der Waals surface area contributed by atoms with Crippen LogP contribution in [0.2, 0.25) is 0 Å². The smallest absolute Gasteiger partial charge is 0.480 e. The molecule has 0 aliphatic heterocycles. The molecule has 0 heterocycles. The van der Waals surface area contributed by atoms with Crippen molar-refractivity contribution in [1.82, 2.24) is 0 Å². The topological polar surface area (TPSA) is 161 Å². The molecule has 1 aromatic carbocycles. The van der Waals surface area contributed by atoms with Crippen molar-refractivity contribution in [2.75, 3.05) is 0 Å². The van der Waals surface area contributed by atoms with E-state index in [1.807, 2.05) is 20.8 Å². The minimum atomic E-state index is -1.82. The molecule has 40 heavy (non-hydrogen) atoms. The number of carbonyl (C=O) groups is 4. The van der Waals surface area contributed by atoms with Gasteiger partial charge in [0.15, 0.2) is 11.5 Å². The molecule has 1 rings (SSSR count). The monoisotopic (exact) mass is 567 g/mol. The van der Waals surface area contributed by atoms with Crippen LogP contribution in [0.5, 0.6) is 11.5 Å². The van der Waals surface area contributed by atoms with E-state index < -0.39 is 42.0 Å². The number of aliphatic carboxylic acids is 1. The fourth-order valence-corrected chi connectivity index (χ4v) is 3.95. The Balaban J connectivity index is 3.22. The van der Waals surface area contributed by atoms with Crippen molar-refractivity contribution >= 4 is 24.2 Å². The van der Waals surface area contributed by atoms with E-state index in [4.69, 9.17) is 29.4 Å². The third-order valence-electron chi connectivity index (χ3n) is 6.31. The van der Waals surface area contributed by atoms with Crippen molar-refractivity contribution in [3.05, 3.63) is 23.8 Å². The zero-order valence-electron chi connectivity index (χ0n) is 24.7. The zero-order valence-corrected chi connectivity index (χ0v) is 24.7. The molecule has 0 fully saturated rings. The summed E-state index contributed by atoms with van der Waals surface area (Å²) in [4.78, 5) is 49.1. The number of hydrogen-bond acceptors (Lipinski definition) is 10. The number of esters is 1. The first-order valence-corrected chi connectivity index (χ1v) is 13.9. The molecule has 1 aromatic rings. The molecular formula is C29H45NO10. The molecule has 0 saturated heterocycles. The number of carboxylic acids is 1. The number of hydrogen-bond donors (Lipinski definition) is 2. The summed E-state index contributed by atoms with van der Waals surface area (Å²) >= 11 is 0. The van der Waals surface area contributed by atoms with Gasteiger partial charge in [-0.25, -0.2) is 9.59 Å². The highest BCUT2D eigenvalue weighted by atomic mass is 16.7. The SMILES string of the molecule is CCCC(C)OC(=O)Oc1ccc(CC(N)(C[C@H](C)OC(=O)C(C)CC)C(=O)O)cc1OC(=O)OC(C)CCC. The first-order chi connectivity index (χ1) is 18.7. The van der Waals surface area contributed by atoms with Crippen LogP contribution in [0, 0.1) is 5.92 Å². The van der Waals surface area contributed by atoms with Crippen LogP contribution in [0.25, 0.3) is 0 Å². The number of ether oxygens (including phenoxy) is 5. The number of carbonyl (C=O) groups excluding carboxylic acids is 3. The molecule has 5 atom stereocenters. The highest BCUT2D eigenvalue weighted by Crippen LogP contribution is 2.32. The van der Waals surface area contributed by atoms with E-state index in [0.29, 0.717) is 24.8 Å². The van der Waals surface area contributed by atoms with Gasteiger partial charge in [0.05, 0.1) is 5.92 Å². The van der Waals surface area contributed by atoms with E-state index in [2.05, 4.69) is 0 Å². The van der Waals surface area contributed by atoms with Crippen molar-refractivity contribution in [2.45, 2.75) is 117 Å². The highest BCUT2D eigenvalue weighted by molar-refractivity contribution is 5.79. The van der Waals surface area contributed by atoms with Gasteiger partial charge >= 0.3 is 24.2 Å². The van der Waals surface area contributed by atoms with Gasteiger partial charge in [0.2, 0.25) is 0 Å². The third kappa shape index (κ3) is 11.8. The lowest BCUT2D eigenvalue weighted by Crippen LogP contribution is -2.52. The van der Waals surface area contributed by atoms with Crippen LogP contribution in [-0.2, 0) is 30.2 Å². The first-order valence-electron chi connectivity index (χ1n) is 13.9. The maximum absolute atomic E-state index is 12.4. The first kappa shape index (κ1) is 34.7. The minimum absolute atomic E-state index is 0.119. The Morgan fingerprint density at radius 3 is 1.82 bits per heavy atom. The predicted molar refractivity (Wildman–Crippen MR) is 147 cm³/mol. The fourth-order valence-electron chi connectivity index (χ4n) is 3.95. The van der Waals surface area contributed by atoms with E-state index in [1.165, 1.54) is 18.2 Å². The lowest BCUT2D eigenvalue weighted by Gasteiger charge is -2.28. The van der Waals surface area contributed by atoms with Gasteiger partial charge in [0.25, 0.3) is 0 Å². The summed E-state index contributed by atoms with van der Waals surface area (Å²) in [7, 11) is 0. The molecule has 0 saturated carbocycles. The highest BCUT2D eigenvalue weighted by Gasteiger charge is 2.37. The van der Waals surface area contributed by atoms with Crippen LogP contribution < -0.4 is 15.2 Å². The van der Waals surface area contributed by atoms with Crippen molar-refractivity contribution < 1.29 is 48.0 Å². The van der Waals surface area contributed by atoms with Crippen molar-refractivity contribution in [2.24, 2.45) is 11.7 Å². The molecule has 4 unspecified atom stereocenters. The Bertz CT molecular complexity index is 997. The van der Waals surface area contributed by atoms with Crippen molar-refractivity contribution in [3.8, 4) is 11.5 Å². The van der Waals surface area contributed by atoms with E-state index >= 15 is 0 Å². The molecule has 0 aromatic heterocycles. The molecule has 0 radical (unpaired) electrons. The van der Waals surface area contributed by atoms with Gasteiger partial charge < -0.3 is 34.5 Å². The number of rotatable bonds is 16. The molecule has 0 amide bonds. The van der Waals surface area contributed by atoms with Gasteiger partial charge in [-0.15, -0.1) is 0 Å². The minimum Gasteiger partial charge on any atom is -0.480 e. The molecule has 11 heteroatoms. The number of nitrogens with two attached hydrogens (primary N) is 1. The standard InChI is InChI=1S/C29H45NO10/c1-8-11-19(5)37-27(34)39-23-14-13-22(15-24(23)40-28(35)38-20(6)12-9-2)17-29(30,26(32)33)16-21(7)36-25(31)18(4)10-3/h13-15,18-21H,8-12,16-17,30H2,1-7H3,(H,32,33)/t18?,19?,20?,21-,29?/m0/s1. The molecular weight excluding hydrogens is 522 g/mol. The Hall–Kier alpha value is -3.34. The number of carboxylic acid groups (broad SMARTS) is 1. The lowest BCUT2D eigenvalue weighted by molar-refractivity contribution is -0.156. The summed E-state index contributed by atoms with van der Waals surface area (Å²) in [5, 5.41) is 9.94. The second kappa shape index (κ2) is 16.7. The van der Waals surface area contributed by atoms with Gasteiger partial charge in [-0.3, -0.25) is 9.59 Å². The Kier molecular flexibility index (Phi) is 14.5. The summed E-state index contributed by atoms with van der Waals surface area (Å²) in [6.45, 7) is 12.5. The average Bonchev–Trinajstić information content (AvgIpc) is 2.84. The Labute approximate surface area is 236 Å². The third-order valence-corrected chi connectivity index (χ3v) is 6.31. The fraction of sp³-hybridized carbons (Fsp3) is 0.655. The van der Waals surface area contributed by atoms with Crippen LogP contribution in [0.4, 0.5) is 9.59 Å². The van der Waals surface area contributed by atoms with Crippen LogP contribution in [0.15, 0.2) is 18.2 Å². The molecule has 0 bridgehead atoms. The maximum Gasteiger partial charge on any atom is 0.514 e. The van der Waals surface area contributed by atoms with Gasteiger partial charge in [-0.05, 0) is 57.7 Å².